The van der Waals surface area contributed by atoms with E-state index in [4.69, 9.17) is 5.11 Å². The van der Waals surface area contributed by atoms with Gasteiger partial charge in [0.2, 0.25) is 0 Å². The zero-order valence-electron chi connectivity index (χ0n) is 15.4. The molecule has 26 heavy (non-hydrogen) atoms. The summed E-state index contributed by atoms with van der Waals surface area (Å²) in [7, 11) is 0. The first kappa shape index (κ1) is 18.2. The Bertz CT molecular complexity index is 868. The lowest BCUT2D eigenvalue weighted by Gasteiger charge is -2.33. The van der Waals surface area contributed by atoms with Crippen LogP contribution in [0.15, 0.2) is 42.5 Å². The molecule has 0 aromatic heterocycles. The van der Waals surface area contributed by atoms with Crippen molar-refractivity contribution in [3.63, 3.8) is 0 Å². The van der Waals surface area contributed by atoms with E-state index in [0.717, 1.165) is 36.0 Å². The second kappa shape index (κ2) is 6.27. The maximum absolute atomic E-state index is 11.4. The van der Waals surface area contributed by atoms with Crippen molar-refractivity contribution < 1.29 is 19.8 Å². The van der Waals surface area contributed by atoms with E-state index in [-0.39, 0.29) is 16.4 Å². The van der Waals surface area contributed by atoms with E-state index < -0.39 is 11.9 Å². The second-order valence-corrected chi connectivity index (χ2v) is 7.47. The van der Waals surface area contributed by atoms with Crippen LogP contribution in [0.3, 0.4) is 0 Å². The molecule has 3 rings (SSSR count). The summed E-state index contributed by atoms with van der Waals surface area (Å²) >= 11 is 0. The number of fused-ring (bicyclic) bond motifs is 1. The van der Waals surface area contributed by atoms with Crippen molar-refractivity contribution in [1.82, 2.24) is 0 Å². The van der Waals surface area contributed by atoms with Gasteiger partial charge < -0.3 is 10.2 Å². The molecule has 0 amide bonds. The topological polar surface area (TPSA) is 74.6 Å². The number of carboxylic acid groups (broad SMARTS) is 2. The van der Waals surface area contributed by atoms with Crippen molar-refractivity contribution in [2.24, 2.45) is 0 Å². The molecule has 136 valence electrons. The van der Waals surface area contributed by atoms with Crippen LogP contribution in [0.1, 0.15) is 77.4 Å². The summed E-state index contributed by atoms with van der Waals surface area (Å²) in [6.45, 7) is 6.47. The van der Waals surface area contributed by atoms with Gasteiger partial charge in [-0.1, -0.05) is 39.0 Å². The van der Waals surface area contributed by atoms with Gasteiger partial charge in [-0.05, 0) is 65.6 Å². The average molecular weight is 352 g/mol. The van der Waals surface area contributed by atoms with E-state index in [1.54, 1.807) is 18.2 Å². The fourth-order valence-electron chi connectivity index (χ4n) is 4.47. The summed E-state index contributed by atoms with van der Waals surface area (Å²) in [5, 5.41) is 18.6. The lowest BCUT2D eigenvalue weighted by Crippen LogP contribution is -2.27. The first-order valence-corrected chi connectivity index (χ1v) is 8.99. The molecule has 0 saturated heterocycles. The van der Waals surface area contributed by atoms with E-state index in [0.29, 0.717) is 5.56 Å². The number of rotatable bonds is 5. The number of carbonyl (C=O) groups is 2. The molecule has 0 heterocycles. The van der Waals surface area contributed by atoms with Crippen LogP contribution in [0.5, 0.6) is 0 Å². The minimum Gasteiger partial charge on any atom is -0.478 e. The molecular weight excluding hydrogens is 328 g/mol. The summed E-state index contributed by atoms with van der Waals surface area (Å²) in [5.41, 5.74) is 3.61. The van der Waals surface area contributed by atoms with Gasteiger partial charge in [0.25, 0.3) is 0 Å². The first-order chi connectivity index (χ1) is 12.3. The second-order valence-electron chi connectivity index (χ2n) is 7.47. The zero-order valence-corrected chi connectivity index (χ0v) is 15.4. The van der Waals surface area contributed by atoms with Crippen molar-refractivity contribution in [3.8, 4) is 0 Å². The van der Waals surface area contributed by atoms with Crippen molar-refractivity contribution in [1.29, 1.82) is 0 Å². The minimum atomic E-state index is -0.932. The molecule has 0 bridgehead atoms. The van der Waals surface area contributed by atoms with Gasteiger partial charge in [0.15, 0.2) is 0 Å². The predicted octanol–water partition coefficient (Wildman–Crippen LogP) is 4.85. The summed E-state index contributed by atoms with van der Waals surface area (Å²) in [5.74, 6) is -1.84. The Morgan fingerprint density at radius 3 is 1.96 bits per heavy atom. The maximum atomic E-state index is 11.4. The quantitative estimate of drug-likeness (QED) is 0.806. The van der Waals surface area contributed by atoms with Crippen LogP contribution in [0.25, 0.3) is 0 Å². The van der Waals surface area contributed by atoms with Crippen molar-refractivity contribution in [2.45, 2.75) is 50.9 Å². The van der Waals surface area contributed by atoms with E-state index in [2.05, 4.69) is 20.8 Å². The third kappa shape index (κ3) is 2.61. The molecular formula is C22H24O4. The number of carboxylic acids is 2. The van der Waals surface area contributed by atoms with Crippen molar-refractivity contribution in [3.05, 3.63) is 70.3 Å². The average Bonchev–Trinajstić information content (AvgIpc) is 2.91. The predicted molar refractivity (Wildman–Crippen MR) is 100 cm³/mol. The molecule has 2 aromatic carbocycles. The molecule has 0 fully saturated rings. The SMILES string of the molecule is CCC1(C)CC(CC)(c2ccc(C(=O)O)cc2)c2ccc(C(=O)O)cc21. The lowest BCUT2D eigenvalue weighted by atomic mass is 9.70. The first-order valence-electron chi connectivity index (χ1n) is 8.99. The highest BCUT2D eigenvalue weighted by molar-refractivity contribution is 5.88. The molecule has 2 atom stereocenters. The van der Waals surface area contributed by atoms with Gasteiger partial charge in [-0.3, -0.25) is 0 Å². The Morgan fingerprint density at radius 2 is 1.46 bits per heavy atom. The Hall–Kier alpha value is -2.62. The molecule has 0 spiro atoms. The van der Waals surface area contributed by atoms with Gasteiger partial charge >= 0.3 is 11.9 Å². The third-order valence-corrected chi connectivity index (χ3v) is 6.19. The maximum Gasteiger partial charge on any atom is 0.335 e. The van der Waals surface area contributed by atoms with Crippen LogP contribution in [-0.2, 0) is 10.8 Å². The van der Waals surface area contributed by atoms with Gasteiger partial charge in [-0.25, -0.2) is 9.59 Å². The Kier molecular flexibility index (Phi) is 4.39. The highest BCUT2D eigenvalue weighted by Crippen LogP contribution is 2.56. The molecule has 0 aliphatic heterocycles. The molecule has 4 heteroatoms. The molecule has 2 N–H and O–H groups in total. The standard InChI is InChI=1S/C22H24O4/c1-4-21(3)13-22(5-2,16-9-6-14(7-10-16)19(23)24)17-11-8-15(20(25)26)12-18(17)21/h6-12H,4-5,13H2,1-3H3,(H,23,24)(H,25,26). The van der Waals surface area contributed by atoms with Crippen molar-refractivity contribution >= 4 is 11.9 Å². The summed E-state index contributed by atoms with van der Waals surface area (Å²) in [6.07, 6.45) is 2.67. The van der Waals surface area contributed by atoms with Gasteiger partial charge in [0.1, 0.15) is 0 Å². The van der Waals surface area contributed by atoms with E-state index in [1.165, 1.54) is 0 Å². The fourth-order valence-corrected chi connectivity index (χ4v) is 4.47. The van der Waals surface area contributed by atoms with Gasteiger partial charge in [-0.2, -0.15) is 0 Å². The highest BCUT2D eigenvalue weighted by Gasteiger charge is 2.49. The summed E-state index contributed by atoms with van der Waals surface area (Å²) in [6, 6.07) is 12.6. The molecule has 1 aliphatic carbocycles. The smallest absolute Gasteiger partial charge is 0.335 e. The fraction of sp³-hybridized carbons (Fsp3) is 0.364. The summed E-state index contributed by atoms with van der Waals surface area (Å²) in [4.78, 5) is 22.6. The minimum absolute atomic E-state index is 0.109. The molecule has 4 nitrogen and oxygen atoms in total. The van der Waals surface area contributed by atoms with Crippen molar-refractivity contribution in [2.75, 3.05) is 0 Å². The largest absolute Gasteiger partial charge is 0.478 e. The van der Waals surface area contributed by atoms with Crippen LogP contribution in [0.2, 0.25) is 0 Å². The van der Waals surface area contributed by atoms with E-state index >= 15 is 0 Å². The molecule has 2 aromatic rings. The molecule has 1 aliphatic rings. The van der Waals surface area contributed by atoms with Crippen LogP contribution < -0.4 is 0 Å². The monoisotopic (exact) mass is 352 g/mol. The number of aromatic carboxylic acids is 2. The Balaban J connectivity index is 2.21. The van der Waals surface area contributed by atoms with Crippen LogP contribution in [-0.4, -0.2) is 22.2 Å². The zero-order chi connectivity index (χ0) is 19.1. The Morgan fingerprint density at radius 1 is 0.885 bits per heavy atom. The number of hydrogen-bond donors (Lipinski definition) is 2. The Labute approximate surface area is 153 Å². The van der Waals surface area contributed by atoms with Gasteiger partial charge in [0.05, 0.1) is 11.1 Å². The highest BCUT2D eigenvalue weighted by atomic mass is 16.4. The number of benzene rings is 2. The van der Waals surface area contributed by atoms with Crippen LogP contribution >= 0.6 is 0 Å². The lowest BCUT2D eigenvalue weighted by molar-refractivity contribution is 0.0686. The van der Waals surface area contributed by atoms with Crippen LogP contribution in [0, 0.1) is 0 Å². The van der Waals surface area contributed by atoms with E-state index in [9.17, 15) is 14.7 Å². The normalized spacial score (nSPS) is 24.3. The molecule has 0 saturated carbocycles. The summed E-state index contributed by atoms with van der Waals surface area (Å²) < 4.78 is 0. The molecule has 0 radical (unpaired) electrons. The third-order valence-electron chi connectivity index (χ3n) is 6.19. The molecule has 2 unspecified atom stereocenters. The van der Waals surface area contributed by atoms with Gasteiger partial charge in [-0.15, -0.1) is 0 Å². The number of hydrogen-bond acceptors (Lipinski definition) is 2. The van der Waals surface area contributed by atoms with Gasteiger partial charge in [0, 0.05) is 5.41 Å². The van der Waals surface area contributed by atoms with Crippen LogP contribution in [0.4, 0.5) is 0 Å². The van der Waals surface area contributed by atoms with E-state index in [1.807, 2.05) is 24.3 Å².